The van der Waals surface area contributed by atoms with Crippen molar-refractivity contribution in [1.82, 2.24) is 14.7 Å². The molecule has 1 aromatic heterocycles. The highest BCUT2D eigenvalue weighted by molar-refractivity contribution is 6.33. The molecule has 0 fully saturated rings. The van der Waals surface area contributed by atoms with Gasteiger partial charge in [0.15, 0.2) is 5.69 Å². The van der Waals surface area contributed by atoms with Gasteiger partial charge in [-0.15, -0.1) is 0 Å². The zero-order valence-corrected chi connectivity index (χ0v) is 18.0. The fourth-order valence-corrected chi connectivity index (χ4v) is 4.00. The van der Waals surface area contributed by atoms with Crippen LogP contribution in [0.5, 0.6) is 0 Å². The minimum absolute atomic E-state index is 0.0251. The van der Waals surface area contributed by atoms with Crippen LogP contribution in [0.15, 0.2) is 30.5 Å². The van der Waals surface area contributed by atoms with Crippen LogP contribution in [0.3, 0.4) is 0 Å². The first-order valence-electron chi connectivity index (χ1n) is 10.4. The number of benzene rings is 1. The van der Waals surface area contributed by atoms with E-state index in [2.05, 4.69) is 5.10 Å². The van der Waals surface area contributed by atoms with E-state index in [1.54, 1.807) is 17.8 Å². The summed E-state index contributed by atoms with van der Waals surface area (Å²) in [5.41, 5.74) is 2.13. The average Bonchev–Trinajstić information content (AvgIpc) is 3.08. The van der Waals surface area contributed by atoms with E-state index in [-0.39, 0.29) is 11.8 Å². The second-order valence-electron chi connectivity index (χ2n) is 7.48. The van der Waals surface area contributed by atoms with E-state index in [1.807, 2.05) is 41.0 Å². The molecule has 0 spiro atoms. The van der Waals surface area contributed by atoms with Gasteiger partial charge in [-0.25, -0.2) is 0 Å². The number of carbonyl (C=O) groups excluding carboxylic acids is 2. The third kappa shape index (κ3) is 5.18. The number of para-hydroxylation sites is 1. The van der Waals surface area contributed by atoms with Crippen molar-refractivity contribution in [2.75, 3.05) is 18.0 Å². The standard InChI is InChI=1S/C22H29ClN4O2/c1-3-26-16-19(23)21(24-26)22(29)25-13-9-5-4-6-10-14-27(17(2)28)20-12-8-7-11-18(20)15-25/h7-8,11-12,16H,3-6,9-10,13-15H2,1-2H3. The Morgan fingerprint density at radius 3 is 2.45 bits per heavy atom. The molecule has 3 rings (SSSR count). The van der Waals surface area contributed by atoms with Crippen molar-refractivity contribution in [2.24, 2.45) is 0 Å². The van der Waals surface area contributed by atoms with Gasteiger partial charge in [0, 0.05) is 45.0 Å². The maximum Gasteiger partial charge on any atom is 0.276 e. The van der Waals surface area contributed by atoms with Gasteiger partial charge < -0.3 is 9.80 Å². The SMILES string of the molecule is CCn1cc(Cl)c(C(=O)N2CCCCCCCN(C(C)=O)c3ccccc3C2)n1. The zero-order valence-electron chi connectivity index (χ0n) is 17.2. The van der Waals surface area contributed by atoms with E-state index in [0.717, 1.165) is 43.4 Å². The van der Waals surface area contributed by atoms with E-state index < -0.39 is 0 Å². The van der Waals surface area contributed by atoms with E-state index >= 15 is 0 Å². The topological polar surface area (TPSA) is 58.4 Å². The molecule has 0 aliphatic carbocycles. The lowest BCUT2D eigenvalue weighted by Gasteiger charge is -2.28. The first-order chi connectivity index (χ1) is 14.0. The van der Waals surface area contributed by atoms with Gasteiger partial charge in [0.2, 0.25) is 5.91 Å². The minimum atomic E-state index is -0.163. The van der Waals surface area contributed by atoms with E-state index in [1.165, 1.54) is 0 Å². The monoisotopic (exact) mass is 416 g/mol. The fraction of sp³-hybridized carbons (Fsp3) is 0.500. The van der Waals surface area contributed by atoms with Crippen molar-refractivity contribution in [3.63, 3.8) is 0 Å². The first kappa shape index (κ1) is 21.4. The van der Waals surface area contributed by atoms with Crippen molar-refractivity contribution < 1.29 is 9.59 Å². The summed E-state index contributed by atoms with van der Waals surface area (Å²) in [6, 6.07) is 7.84. The van der Waals surface area contributed by atoms with Crippen LogP contribution in [-0.2, 0) is 17.9 Å². The number of aryl methyl sites for hydroxylation is 1. The molecule has 0 atom stereocenters. The number of halogens is 1. The zero-order chi connectivity index (χ0) is 20.8. The molecule has 0 N–H and O–H groups in total. The maximum absolute atomic E-state index is 13.3. The number of fused-ring (bicyclic) bond motifs is 1. The Kier molecular flexibility index (Phi) is 7.31. The molecule has 0 saturated heterocycles. The highest BCUT2D eigenvalue weighted by Crippen LogP contribution is 2.26. The highest BCUT2D eigenvalue weighted by Gasteiger charge is 2.24. The van der Waals surface area contributed by atoms with Crippen LogP contribution in [0, 0.1) is 0 Å². The van der Waals surface area contributed by atoms with Gasteiger partial charge >= 0.3 is 0 Å². The Hall–Kier alpha value is -2.34. The molecule has 1 aliphatic rings. The van der Waals surface area contributed by atoms with Gasteiger partial charge in [0.1, 0.15) is 0 Å². The van der Waals surface area contributed by atoms with Crippen LogP contribution in [0.4, 0.5) is 5.69 Å². The van der Waals surface area contributed by atoms with Crippen LogP contribution in [0.25, 0.3) is 0 Å². The molecule has 1 aromatic carbocycles. The predicted molar refractivity (Wildman–Crippen MR) is 115 cm³/mol. The Balaban J connectivity index is 1.95. The molecule has 0 bridgehead atoms. The van der Waals surface area contributed by atoms with Crippen molar-refractivity contribution in [3.8, 4) is 0 Å². The van der Waals surface area contributed by atoms with Crippen molar-refractivity contribution in [1.29, 1.82) is 0 Å². The normalized spacial score (nSPS) is 16.0. The smallest absolute Gasteiger partial charge is 0.276 e. The molecular formula is C22H29ClN4O2. The second kappa shape index (κ2) is 9.92. The van der Waals surface area contributed by atoms with E-state index in [0.29, 0.717) is 36.9 Å². The van der Waals surface area contributed by atoms with E-state index in [4.69, 9.17) is 11.6 Å². The quantitative estimate of drug-likeness (QED) is 0.723. The molecule has 29 heavy (non-hydrogen) atoms. The van der Waals surface area contributed by atoms with Gasteiger partial charge in [0.25, 0.3) is 5.91 Å². The van der Waals surface area contributed by atoms with Crippen LogP contribution >= 0.6 is 11.6 Å². The summed E-state index contributed by atoms with van der Waals surface area (Å²) in [6.45, 7) is 5.98. The maximum atomic E-state index is 13.3. The van der Waals surface area contributed by atoms with Crippen molar-refractivity contribution in [2.45, 2.75) is 59.0 Å². The molecule has 2 aromatic rings. The van der Waals surface area contributed by atoms with Gasteiger partial charge in [0.05, 0.1) is 5.02 Å². The molecule has 156 valence electrons. The molecule has 6 nitrogen and oxygen atoms in total. The number of hydrogen-bond acceptors (Lipinski definition) is 3. The predicted octanol–water partition coefficient (Wildman–Crippen LogP) is 4.52. The van der Waals surface area contributed by atoms with Crippen LogP contribution in [0.2, 0.25) is 5.02 Å². The number of rotatable bonds is 2. The number of carbonyl (C=O) groups is 2. The summed E-state index contributed by atoms with van der Waals surface area (Å²) < 4.78 is 1.68. The number of anilines is 1. The van der Waals surface area contributed by atoms with Crippen molar-refractivity contribution in [3.05, 3.63) is 46.7 Å². The number of nitrogens with zero attached hydrogens (tertiary/aromatic N) is 4. The Morgan fingerprint density at radius 1 is 1.07 bits per heavy atom. The number of hydrogen-bond donors (Lipinski definition) is 0. The van der Waals surface area contributed by atoms with Gasteiger partial charge in [-0.3, -0.25) is 14.3 Å². The largest absolute Gasteiger partial charge is 0.333 e. The third-order valence-electron chi connectivity index (χ3n) is 5.36. The first-order valence-corrected chi connectivity index (χ1v) is 10.8. The summed E-state index contributed by atoms with van der Waals surface area (Å²) in [6.07, 6.45) is 6.85. The fourth-order valence-electron chi connectivity index (χ4n) is 3.77. The molecular weight excluding hydrogens is 388 g/mol. The van der Waals surface area contributed by atoms with Crippen LogP contribution < -0.4 is 4.90 Å². The molecule has 7 heteroatoms. The third-order valence-corrected chi connectivity index (χ3v) is 5.64. The molecule has 2 heterocycles. The average molecular weight is 417 g/mol. The highest BCUT2D eigenvalue weighted by atomic mass is 35.5. The second-order valence-corrected chi connectivity index (χ2v) is 7.88. The summed E-state index contributed by atoms with van der Waals surface area (Å²) >= 11 is 6.30. The van der Waals surface area contributed by atoms with E-state index in [9.17, 15) is 9.59 Å². The summed E-state index contributed by atoms with van der Waals surface area (Å²) in [5.74, 6) is -0.138. The molecule has 1 aliphatic heterocycles. The minimum Gasteiger partial charge on any atom is -0.333 e. The molecule has 0 saturated carbocycles. The summed E-state index contributed by atoms with van der Waals surface area (Å²) in [7, 11) is 0. The van der Waals surface area contributed by atoms with Gasteiger partial charge in [-0.1, -0.05) is 49.1 Å². The molecule has 2 amide bonds. The van der Waals surface area contributed by atoms with Crippen LogP contribution in [0.1, 0.15) is 62.0 Å². The Morgan fingerprint density at radius 2 is 1.76 bits per heavy atom. The lowest BCUT2D eigenvalue weighted by Crippen LogP contribution is -2.35. The van der Waals surface area contributed by atoms with Crippen molar-refractivity contribution >= 4 is 29.1 Å². The molecule has 0 unspecified atom stereocenters. The van der Waals surface area contributed by atoms with Gasteiger partial charge in [-0.05, 0) is 31.4 Å². The lowest BCUT2D eigenvalue weighted by atomic mass is 10.1. The lowest BCUT2D eigenvalue weighted by molar-refractivity contribution is -0.116. The Labute approximate surface area is 177 Å². The summed E-state index contributed by atoms with van der Waals surface area (Å²) in [4.78, 5) is 29.2. The van der Waals surface area contributed by atoms with Crippen LogP contribution in [-0.4, -0.2) is 39.6 Å². The Bertz CT molecular complexity index is 864. The number of amides is 2. The molecule has 0 radical (unpaired) electrons. The number of aromatic nitrogens is 2. The summed E-state index contributed by atoms with van der Waals surface area (Å²) in [5, 5.41) is 4.74. The van der Waals surface area contributed by atoms with Gasteiger partial charge in [-0.2, -0.15) is 5.10 Å².